The molecule has 0 aliphatic carbocycles. The second-order valence-corrected chi connectivity index (χ2v) is 6.45. The minimum absolute atomic E-state index is 0.183. The summed E-state index contributed by atoms with van der Waals surface area (Å²) in [4.78, 5) is 16.4. The highest BCUT2D eigenvalue weighted by Gasteiger charge is 2.09. The summed E-state index contributed by atoms with van der Waals surface area (Å²) < 4.78 is 1.98. The number of carbonyl (C=O) groups excluding carboxylic acids is 1. The van der Waals surface area contributed by atoms with Crippen molar-refractivity contribution >= 4 is 46.5 Å². The number of nitrogens with zero attached hydrogens (tertiary/aromatic N) is 3. The van der Waals surface area contributed by atoms with Crippen LogP contribution in [0.5, 0.6) is 0 Å². The highest BCUT2D eigenvalue weighted by atomic mass is 35.5. The van der Waals surface area contributed by atoms with E-state index in [1.54, 1.807) is 18.3 Å². The standard InChI is InChI=1S/C17H15ClN4OS/c1-22-15-5-3-2-4-14(15)20-17(22)24-11-16(23)21-19-10-12-6-8-13(18)9-7-12/h2-10H,11H2,1H3,(H,21,23)/b19-10+. The molecule has 0 aliphatic heterocycles. The minimum Gasteiger partial charge on any atom is -0.322 e. The Labute approximate surface area is 148 Å². The van der Waals surface area contributed by atoms with Crippen LogP contribution >= 0.6 is 23.4 Å². The number of rotatable bonds is 5. The number of hydrogen-bond acceptors (Lipinski definition) is 4. The fourth-order valence-electron chi connectivity index (χ4n) is 2.14. The summed E-state index contributed by atoms with van der Waals surface area (Å²) in [7, 11) is 1.94. The Hall–Kier alpha value is -2.31. The van der Waals surface area contributed by atoms with Crippen LogP contribution in [0.15, 0.2) is 58.8 Å². The maximum Gasteiger partial charge on any atom is 0.250 e. The van der Waals surface area contributed by atoms with Crippen molar-refractivity contribution in [2.75, 3.05) is 5.75 Å². The molecule has 0 radical (unpaired) electrons. The maximum atomic E-state index is 11.9. The lowest BCUT2D eigenvalue weighted by molar-refractivity contribution is -0.118. The summed E-state index contributed by atoms with van der Waals surface area (Å²) in [6, 6.07) is 15.1. The third-order valence-electron chi connectivity index (χ3n) is 3.35. The number of fused-ring (bicyclic) bond motifs is 1. The molecule has 0 spiro atoms. The third-order valence-corrected chi connectivity index (χ3v) is 4.63. The number of thioether (sulfide) groups is 1. The lowest BCUT2D eigenvalue weighted by atomic mass is 10.2. The Morgan fingerprint density at radius 3 is 2.79 bits per heavy atom. The molecule has 3 aromatic rings. The van der Waals surface area contributed by atoms with E-state index in [1.165, 1.54) is 11.8 Å². The molecule has 2 aromatic carbocycles. The van der Waals surface area contributed by atoms with E-state index >= 15 is 0 Å². The topological polar surface area (TPSA) is 59.3 Å². The van der Waals surface area contributed by atoms with E-state index in [2.05, 4.69) is 15.5 Å². The van der Waals surface area contributed by atoms with Crippen LogP contribution in [0.1, 0.15) is 5.56 Å². The van der Waals surface area contributed by atoms with Gasteiger partial charge in [-0.05, 0) is 29.8 Å². The van der Waals surface area contributed by atoms with Gasteiger partial charge >= 0.3 is 0 Å². The van der Waals surface area contributed by atoms with Crippen molar-refractivity contribution in [3.05, 3.63) is 59.1 Å². The van der Waals surface area contributed by atoms with Crippen LogP contribution in [0.25, 0.3) is 11.0 Å². The lowest BCUT2D eigenvalue weighted by Crippen LogP contribution is -2.19. The van der Waals surface area contributed by atoms with E-state index in [9.17, 15) is 4.79 Å². The number of imidazole rings is 1. The third kappa shape index (κ3) is 3.96. The van der Waals surface area contributed by atoms with Crippen molar-refractivity contribution in [3.8, 4) is 0 Å². The van der Waals surface area contributed by atoms with Gasteiger partial charge in [0.15, 0.2) is 5.16 Å². The lowest BCUT2D eigenvalue weighted by Gasteiger charge is -2.01. The summed E-state index contributed by atoms with van der Waals surface area (Å²) in [5.74, 6) is 0.0621. The largest absolute Gasteiger partial charge is 0.322 e. The van der Waals surface area contributed by atoms with Crippen molar-refractivity contribution in [1.29, 1.82) is 0 Å². The van der Waals surface area contributed by atoms with Crippen LogP contribution in [-0.4, -0.2) is 27.4 Å². The second-order valence-electron chi connectivity index (χ2n) is 5.08. The molecule has 1 aromatic heterocycles. The monoisotopic (exact) mass is 358 g/mol. The van der Waals surface area contributed by atoms with Gasteiger partial charge in [0.25, 0.3) is 5.91 Å². The molecule has 122 valence electrons. The first-order chi connectivity index (χ1) is 11.6. The van der Waals surface area contributed by atoms with E-state index in [4.69, 9.17) is 11.6 Å². The highest BCUT2D eigenvalue weighted by Crippen LogP contribution is 2.22. The van der Waals surface area contributed by atoms with Crippen molar-refractivity contribution in [2.45, 2.75) is 5.16 Å². The number of hydrogen-bond donors (Lipinski definition) is 1. The summed E-state index contributed by atoms with van der Waals surface area (Å²) in [6.07, 6.45) is 1.58. The fraction of sp³-hybridized carbons (Fsp3) is 0.118. The van der Waals surface area contributed by atoms with Crippen molar-refractivity contribution < 1.29 is 4.79 Å². The number of aromatic nitrogens is 2. The smallest absolute Gasteiger partial charge is 0.250 e. The first-order valence-corrected chi connectivity index (χ1v) is 8.61. The van der Waals surface area contributed by atoms with E-state index < -0.39 is 0 Å². The van der Waals surface area contributed by atoms with Gasteiger partial charge in [-0.1, -0.05) is 47.6 Å². The molecule has 0 bridgehead atoms. The molecular weight excluding hydrogens is 344 g/mol. The minimum atomic E-state index is -0.183. The van der Waals surface area contributed by atoms with Gasteiger partial charge in [0.05, 0.1) is 23.0 Å². The highest BCUT2D eigenvalue weighted by molar-refractivity contribution is 7.99. The first-order valence-electron chi connectivity index (χ1n) is 7.25. The molecule has 0 fully saturated rings. The van der Waals surface area contributed by atoms with Crippen molar-refractivity contribution in [1.82, 2.24) is 15.0 Å². The molecule has 1 N–H and O–H groups in total. The van der Waals surface area contributed by atoms with E-state index in [0.29, 0.717) is 5.02 Å². The Kier molecular flexibility index (Phi) is 5.17. The average molecular weight is 359 g/mol. The first kappa shape index (κ1) is 16.5. The van der Waals surface area contributed by atoms with E-state index in [-0.39, 0.29) is 11.7 Å². The number of benzene rings is 2. The molecular formula is C17H15ClN4OS. The number of para-hydroxylation sites is 2. The second kappa shape index (κ2) is 7.51. The van der Waals surface area contributed by atoms with Crippen LogP contribution < -0.4 is 5.43 Å². The zero-order chi connectivity index (χ0) is 16.9. The van der Waals surface area contributed by atoms with Gasteiger partial charge in [-0.15, -0.1) is 0 Å². The quantitative estimate of drug-likeness (QED) is 0.431. The molecule has 7 heteroatoms. The number of nitrogens with one attached hydrogen (secondary N) is 1. The zero-order valence-corrected chi connectivity index (χ0v) is 14.5. The van der Waals surface area contributed by atoms with E-state index in [0.717, 1.165) is 21.8 Å². The predicted octanol–water partition coefficient (Wildman–Crippen LogP) is 3.47. The Bertz CT molecular complexity index is 889. The van der Waals surface area contributed by atoms with Crippen LogP contribution in [-0.2, 0) is 11.8 Å². The van der Waals surface area contributed by atoms with Gasteiger partial charge in [-0.25, -0.2) is 10.4 Å². The van der Waals surface area contributed by atoms with Crippen molar-refractivity contribution in [3.63, 3.8) is 0 Å². The molecule has 24 heavy (non-hydrogen) atoms. The van der Waals surface area contributed by atoms with Crippen LogP contribution in [0, 0.1) is 0 Å². The van der Waals surface area contributed by atoms with Gasteiger partial charge < -0.3 is 4.57 Å². The zero-order valence-electron chi connectivity index (χ0n) is 12.9. The average Bonchev–Trinajstić information content (AvgIpc) is 2.91. The molecule has 1 heterocycles. The Balaban J connectivity index is 1.55. The van der Waals surface area contributed by atoms with Crippen molar-refractivity contribution in [2.24, 2.45) is 12.1 Å². The number of carbonyl (C=O) groups is 1. The summed E-state index contributed by atoms with van der Waals surface area (Å²) >= 11 is 7.19. The molecule has 0 atom stereocenters. The van der Waals surface area contributed by atoms with Gasteiger partial charge in [0, 0.05) is 12.1 Å². The summed E-state index contributed by atoms with van der Waals surface area (Å²) in [5, 5.41) is 5.40. The number of aryl methyl sites for hydroxylation is 1. The molecule has 0 aliphatic rings. The number of hydrazone groups is 1. The fourth-order valence-corrected chi connectivity index (χ4v) is 3.05. The molecule has 3 rings (SSSR count). The molecule has 0 saturated carbocycles. The van der Waals surface area contributed by atoms with E-state index in [1.807, 2.05) is 48.0 Å². The number of halogens is 1. The Morgan fingerprint density at radius 2 is 2.04 bits per heavy atom. The molecule has 1 amide bonds. The summed E-state index contributed by atoms with van der Waals surface area (Å²) in [6.45, 7) is 0. The van der Waals surface area contributed by atoms with Gasteiger partial charge in [0.2, 0.25) is 0 Å². The maximum absolute atomic E-state index is 11.9. The molecule has 0 unspecified atom stereocenters. The van der Waals surface area contributed by atoms with Crippen LogP contribution in [0.2, 0.25) is 5.02 Å². The van der Waals surface area contributed by atoms with Gasteiger partial charge in [-0.3, -0.25) is 4.79 Å². The molecule has 0 saturated heterocycles. The predicted molar refractivity (Wildman–Crippen MR) is 98.6 cm³/mol. The van der Waals surface area contributed by atoms with Crippen LogP contribution in [0.4, 0.5) is 0 Å². The summed E-state index contributed by atoms with van der Waals surface area (Å²) in [5.41, 5.74) is 5.34. The normalized spacial score (nSPS) is 11.2. The SMILES string of the molecule is Cn1c(SCC(=O)N/N=C/c2ccc(Cl)cc2)nc2ccccc21. The number of amides is 1. The van der Waals surface area contributed by atoms with Crippen LogP contribution in [0.3, 0.4) is 0 Å². The Morgan fingerprint density at radius 1 is 1.29 bits per heavy atom. The van der Waals surface area contributed by atoms with Gasteiger partial charge in [0.1, 0.15) is 0 Å². The molecule has 5 nitrogen and oxygen atoms in total. The van der Waals surface area contributed by atoms with Gasteiger partial charge in [-0.2, -0.15) is 5.10 Å².